The Balaban J connectivity index is 2.10. The highest BCUT2D eigenvalue weighted by Crippen LogP contribution is 2.21. The molecule has 0 bridgehead atoms. The number of hydrogen-bond acceptors (Lipinski definition) is 3. The first kappa shape index (κ1) is 13.8. The van der Waals surface area contributed by atoms with E-state index in [9.17, 15) is 9.90 Å². The Morgan fingerprint density at radius 1 is 1.20 bits per heavy atom. The van der Waals surface area contributed by atoms with Crippen molar-refractivity contribution < 1.29 is 9.90 Å². The monoisotopic (exact) mass is 268 g/mol. The van der Waals surface area contributed by atoms with Gasteiger partial charge < -0.3 is 5.11 Å². The number of carbonyl (C=O) groups is 1. The predicted molar refractivity (Wildman–Crippen MR) is 79.1 cm³/mol. The van der Waals surface area contributed by atoms with Crippen LogP contribution in [0.1, 0.15) is 27.0 Å². The smallest absolute Gasteiger partial charge is 0.271 e. The molecule has 2 N–H and O–H groups in total. The quantitative estimate of drug-likeness (QED) is 0.664. The number of hydrazone groups is 1. The number of hydrogen-bond donors (Lipinski definition) is 2. The van der Waals surface area contributed by atoms with Crippen LogP contribution >= 0.6 is 0 Å². The van der Waals surface area contributed by atoms with Gasteiger partial charge in [0, 0.05) is 11.1 Å². The third kappa shape index (κ3) is 3.23. The van der Waals surface area contributed by atoms with Crippen LogP contribution in [0.4, 0.5) is 0 Å². The number of nitrogens with zero attached hydrogens (tertiary/aromatic N) is 1. The molecule has 102 valence electrons. The van der Waals surface area contributed by atoms with Gasteiger partial charge in [0.05, 0.1) is 6.21 Å². The number of aromatic hydroxyl groups is 1. The number of amides is 1. The predicted octanol–water partition coefficient (Wildman–Crippen LogP) is 2.77. The van der Waals surface area contributed by atoms with Gasteiger partial charge in [0.15, 0.2) is 0 Å². The minimum absolute atomic E-state index is 0.174. The van der Waals surface area contributed by atoms with E-state index in [1.165, 1.54) is 6.21 Å². The molecule has 0 fully saturated rings. The lowest BCUT2D eigenvalue weighted by Gasteiger charge is -2.05. The zero-order valence-corrected chi connectivity index (χ0v) is 11.4. The number of nitrogens with one attached hydrogen (secondary N) is 1. The maximum Gasteiger partial charge on any atom is 0.271 e. The highest BCUT2D eigenvalue weighted by molar-refractivity contribution is 5.95. The van der Waals surface area contributed by atoms with Crippen molar-refractivity contribution in [3.05, 3.63) is 64.7 Å². The summed E-state index contributed by atoms with van der Waals surface area (Å²) in [5.41, 5.74) is 5.35. The summed E-state index contributed by atoms with van der Waals surface area (Å²) < 4.78 is 0. The van der Waals surface area contributed by atoms with Crippen LogP contribution in [0.5, 0.6) is 5.75 Å². The van der Waals surface area contributed by atoms with Crippen LogP contribution in [-0.4, -0.2) is 17.2 Å². The summed E-state index contributed by atoms with van der Waals surface area (Å²) in [6, 6.07) is 12.5. The van der Waals surface area contributed by atoms with Crippen molar-refractivity contribution in [3.63, 3.8) is 0 Å². The Morgan fingerprint density at radius 3 is 2.60 bits per heavy atom. The summed E-state index contributed by atoms with van der Waals surface area (Å²) >= 11 is 0. The molecule has 0 unspecified atom stereocenters. The number of phenols is 1. The van der Waals surface area contributed by atoms with E-state index in [2.05, 4.69) is 10.5 Å². The van der Waals surface area contributed by atoms with Crippen molar-refractivity contribution in [2.75, 3.05) is 0 Å². The van der Waals surface area contributed by atoms with Crippen molar-refractivity contribution in [1.29, 1.82) is 0 Å². The van der Waals surface area contributed by atoms with Crippen molar-refractivity contribution >= 4 is 12.1 Å². The second-order valence-corrected chi connectivity index (χ2v) is 4.58. The Kier molecular flexibility index (Phi) is 4.15. The van der Waals surface area contributed by atoms with Gasteiger partial charge in [-0.05, 0) is 43.2 Å². The number of carbonyl (C=O) groups excluding carboxylic acids is 1. The SMILES string of the molecule is Cc1cc(C)c(O)c(/C=N/NC(=O)c2ccccc2)c1. The number of benzene rings is 2. The molecule has 0 aromatic heterocycles. The maximum absolute atomic E-state index is 11.8. The van der Waals surface area contributed by atoms with E-state index in [0.717, 1.165) is 11.1 Å². The van der Waals surface area contributed by atoms with Crippen molar-refractivity contribution in [2.45, 2.75) is 13.8 Å². The summed E-state index contributed by atoms with van der Waals surface area (Å²) in [5, 5.41) is 13.8. The Bertz CT molecular complexity index is 649. The Hall–Kier alpha value is -2.62. The fourth-order valence-electron chi connectivity index (χ4n) is 1.91. The fraction of sp³-hybridized carbons (Fsp3) is 0.125. The second-order valence-electron chi connectivity index (χ2n) is 4.58. The highest BCUT2D eigenvalue weighted by atomic mass is 16.3. The van der Waals surface area contributed by atoms with Crippen LogP contribution in [0.25, 0.3) is 0 Å². The molecule has 2 rings (SSSR count). The molecule has 4 heteroatoms. The maximum atomic E-state index is 11.8. The minimum Gasteiger partial charge on any atom is -0.507 e. The van der Waals surface area contributed by atoms with Gasteiger partial charge >= 0.3 is 0 Å². The van der Waals surface area contributed by atoms with Crippen LogP contribution in [0.15, 0.2) is 47.6 Å². The van der Waals surface area contributed by atoms with E-state index >= 15 is 0 Å². The molecule has 0 heterocycles. The average molecular weight is 268 g/mol. The molecule has 20 heavy (non-hydrogen) atoms. The third-order valence-electron chi connectivity index (χ3n) is 2.88. The van der Waals surface area contributed by atoms with Crippen LogP contribution in [0.3, 0.4) is 0 Å². The Labute approximate surface area is 117 Å². The molecule has 2 aromatic carbocycles. The molecule has 1 amide bonds. The van der Waals surface area contributed by atoms with Crippen molar-refractivity contribution in [3.8, 4) is 5.75 Å². The van der Waals surface area contributed by atoms with Gasteiger partial charge in [-0.1, -0.05) is 24.3 Å². The molecule has 0 aliphatic rings. The van der Waals surface area contributed by atoms with E-state index in [1.54, 1.807) is 30.3 Å². The zero-order chi connectivity index (χ0) is 14.5. The molecule has 2 aromatic rings. The first-order valence-corrected chi connectivity index (χ1v) is 6.26. The summed E-state index contributed by atoms with van der Waals surface area (Å²) in [4.78, 5) is 11.8. The van der Waals surface area contributed by atoms with E-state index in [0.29, 0.717) is 11.1 Å². The van der Waals surface area contributed by atoms with Crippen molar-refractivity contribution in [2.24, 2.45) is 5.10 Å². The molecule has 0 radical (unpaired) electrons. The second kappa shape index (κ2) is 6.02. The van der Waals surface area contributed by atoms with E-state index < -0.39 is 0 Å². The van der Waals surface area contributed by atoms with Crippen LogP contribution in [0.2, 0.25) is 0 Å². The number of rotatable bonds is 3. The molecule has 0 atom stereocenters. The third-order valence-corrected chi connectivity index (χ3v) is 2.88. The topological polar surface area (TPSA) is 61.7 Å². The van der Waals surface area contributed by atoms with Gasteiger partial charge in [-0.3, -0.25) is 4.79 Å². The Morgan fingerprint density at radius 2 is 1.90 bits per heavy atom. The standard InChI is InChI=1S/C16H16N2O2/c1-11-8-12(2)15(19)14(9-11)10-17-18-16(20)13-6-4-3-5-7-13/h3-10,19H,1-2H3,(H,18,20)/b17-10+. The largest absolute Gasteiger partial charge is 0.507 e. The first-order chi connectivity index (χ1) is 9.58. The van der Waals surface area contributed by atoms with E-state index in [1.807, 2.05) is 26.0 Å². The summed E-state index contributed by atoms with van der Waals surface area (Å²) in [6.07, 6.45) is 1.44. The van der Waals surface area contributed by atoms with Crippen LogP contribution in [0, 0.1) is 13.8 Å². The lowest BCUT2D eigenvalue weighted by molar-refractivity contribution is 0.0955. The normalized spacial score (nSPS) is 10.7. The average Bonchev–Trinajstić information content (AvgIpc) is 2.44. The van der Waals surface area contributed by atoms with Crippen LogP contribution < -0.4 is 5.43 Å². The van der Waals surface area contributed by atoms with Gasteiger partial charge in [0.2, 0.25) is 0 Å². The molecule has 0 aliphatic carbocycles. The lowest BCUT2D eigenvalue weighted by atomic mass is 10.1. The van der Waals surface area contributed by atoms with Gasteiger partial charge in [-0.15, -0.1) is 0 Å². The highest BCUT2D eigenvalue weighted by Gasteiger charge is 2.04. The summed E-state index contributed by atoms with van der Waals surface area (Å²) in [6.45, 7) is 3.76. The molecule has 0 saturated carbocycles. The van der Waals surface area contributed by atoms with Gasteiger partial charge in [-0.2, -0.15) is 5.10 Å². The lowest BCUT2D eigenvalue weighted by Crippen LogP contribution is -2.17. The molecule has 4 nitrogen and oxygen atoms in total. The minimum atomic E-state index is -0.286. The number of phenolic OH excluding ortho intramolecular Hbond substituents is 1. The molecular formula is C16H16N2O2. The van der Waals surface area contributed by atoms with E-state index in [4.69, 9.17) is 0 Å². The van der Waals surface area contributed by atoms with Gasteiger partial charge in [-0.25, -0.2) is 5.43 Å². The first-order valence-electron chi connectivity index (χ1n) is 6.26. The summed E-state index contributed by atoms with van der Waals surface area (Å²) in [7, 11) is 0. The van der Waals surface area contributed by atoms with Gasteiger partial charge in [0.1, 0.15) is 5.75 Å². The zero-order valence-electron chi connectivity index (χ0n) is 11.4. The molecule has 0 saturated heterocycles. The molecule has 0 aliphatic heterocycles. The van der Waals surface area contributed by atoms with Crippen LogP contribution in [-0.2, 0) is 0 Å². The van der Waals surface area contributed by atoms with Crippen molar-refractivity contribution in [1.82, 2.24) is 5.43 Å². The molecule has 0 spiro atoms. The fourth-order valence-corrected chi connectivity index (χ4v) is 1.91. The number of aryl methyl sites for hydroxylation is 2. The van der Waals surface area contributed by atoms with E-state index in [-0.39, 0.29) is 11.7 Å². The molecular weight excluding hydrogens is 252 g/mol. The van der Waals surface area contributed by atoms with Gasteiger partial charge in [0.25, 0.3) is 5.91 Å². The summed E-state index contributed by atoms with van der Waals surface area (Å²) in [5.74, 6) is -0.112.